The molecule has 0 spiro atoms. The van der Waals surface area contributed by atoms with E-state index in [1.165, 1.54) is 6.92 Å². The van der Waals surface area contributed by atoms with Gasteiger partial charge in [0.2, 0.25) is 17.7 Å². The standard InChI is InChI=1S/C17H29N5O9/c1-8(20-15(28)9(19)4-2-3-5-18)14(27)21-10(6-12(23)24)16(29)22-11(17(30)31)7-13(25)26/h8-11H,2-7,18-19H2,1H3,(H,20,28)(H,21,27)(H,22,29)(H,23,24)(H,25,26)(H,30,31). The molecule has 0 rings (SSSR count). The number of carbonyl (C=O) groups is 6. The number of hydrogen-bond donors (Lipinski definition) is 8. The zero-order chi connectivity index (χ0) is 24.1. The van der Waals surface area contributed by atoms with Crippen LogP contribution in [0.25, 0.3) is 0 Å². The van der Waals surface area contributed by atoms with Crippen molar-refractivity contribution in [2.24, 2.45) is 11.5 Å². The Morgan fingerprint density at radius 2 is 1.29 bits per heavy atom. The smallest absolute Gasteiger partial charge is 0.326 e. The van der Waals surface area contributed by atoms with E-state index in [-0.39, 0.29) is 0 Å². The van der Waals surface area contributed by atoms with Gasteiger partial charge in [-0.25, -0.2) is 4.79 Å². The number of nitrogens with one attached hydrogen (secondary N) is 3. The third-order valence-electron chi connectivity index (χ3n) is 4.06. The van der Waals surface area contributed by atoms with Gasteiger partial charge < -0.3 is 42.7 Å². The first kappa shape index (κ1) is 27.7. The minimum absolute atomic E-state index is 0.335. The molecule has 0 heterocycles. The minimum Gasteiger partial charge on any atom is -0.481 e. The zero-order valence-corrected chi connectivity index (χ0v) is 17.0. The number of aliphatic carboxylic acids is 3. The fourth-order valence-corrected chi connectivity index (χ4v) is 2.35. The lowest BCUT2D eigenvalue weighted by molar-refractivity contribution is -0.148. The summed E-state index contributed by atoms with van der Waals surface area (Å²) in [4.78, 5) is 69.4. The molecule has 0 fully saturated rings. The second-order valence-corrected chi connectivity index (χ2v) is 6.78. The van der Waals surface area contributed by atoms with Crippen molar-refractivity contribution < 1.29 is 44.1 Å². The molecule has 176 valence electrons. The lowest BCUT2D eigenvalue weighted by Gasteiger charge is -2.22. The van der Waals surface area contributed by atoms with Gasteiger partial charge in [0, 0.05) is 0 Å². The number of nitrogens with two attached hydrogens (primary N) is 2. The van der Waals surface area contributed by atoms with E-state index in [1.807, 2.05) is 5.32 Å². The zero-order valence-electron chi connectivity index (χ0n) is 17.0. The molecular weight excluding hydrogens is 418 g/mol. The van der Waals surface area contributed by atoms with Crippen molar-refractivity contribution in [3.8, 4) is 0 Å². The Kier molecular flexibility index (Phi) is 12.4. The summed E-state index contributed by atoms with van der Waals surface area (Å²) in [6, 6.07) is -5.63. The second kappa shape index (κ2) is 13.9. The van der Waals surface area contributed by atoms with Crippen molar-refractivity contribution in [3.05, 3.63) is 0 Å². The highest BCUT2D eigenvalue weighted by molar-refractivity contribution is 5.95. The van der Waals surface area contributed by atoms with Gasteiger partial charge in [-0.2, -0.15) is 0 Å². The van der Waals surface area contributed by atoms with Crippen LogP contribution >= 0.6 is 0 Å². The molecule has 0 aliphatic heterocycles. The predicted octanol–water partition coefficient (Wildman–Crippen LogP) is -3.05. The molecule has 0 saturated heterocycles. The first-order valence-electron chi connectivity index (χ1n) is 9.42. The topological polar surface area (TPSA) is 251 Å². The maximum atomic E-state index is 12.3. The Balaban J connectivity index is 5.05. The van der Waals surface area contributed by atoms with E-state index in [9.17, 15) is 28.8 Å². The summed E-state index contributed by atoms with van der Waals surface area (Å²) in [5.41, 5.74) is 11.1. The molecule has 4 atom stereocenters. The van der Waals surface area contributed by atoms with E-state index in [0.29, 0.717) is 25.8 Å². The average molecular weight is 447 g/mol. The van der Waals surface area contributed by atoms with Crippen LogP contribution in [0.15, 0.2) is 0 Å². The van der Waals surface area contributed by atoms with E-state index in [4.69, 9.17) is 26.8 Å². The lowest BCUT2D eigenvalue weighted by Crippen LogP contribution is -2.57. The Labute approximate surface area is 177 Å². The van der Waals surface area contributed by atoms with Crippen LogP contribution in [0.2, 0.25) is 0 Å². The number of amides is 3. The normalized spacial score (nSPS) is 14.4. The molecule has 0 aliphatic rings. The molecule has 0 aromatic heterocycles. The van der Waals surface area contributed by atoms with E-state index >= 15 is 0 Å². The Morgan fingerprint density at radius 3 is 1.77 bits per heavy atom. The third kappa shape index (κ3) is 11.5. The summed E-state index contributed by atoms with van der Waals surface area (Å²) >= 11 is 0. The van der Waals surface area contributed by atoms with Crippen molar-refractivity contribution in [2.75, 3.05) is 6.54 Å². The largest absolute Gasteiger partial charge is 0.481 e. The minimum atomic E-state index is -1.83. The summed E-state index contributed by atoms with van der Waals surface area (Å²) in [5.74, 6) is -7.41. The number of carbonyl (C=O) groups excluding carboxylic acids is 3. The SMILES string of the molecule is CC(NC(=O)C(N)CCCCN)C(=O)NC(CC(=O)O)C(=O)NC(CC(=O)O)C(=O)O. The number of carboxylic acids is 3. The highest BCUT2D eigenvalue weighted by atomic mass is 16.4. The van der Waals surface area contributed by atoms with Crippen LogP contribution in [0.5, 0.6) is 0 Å². The Hall–Kier alpha value is -3.26. The molecule has 0 radical (unpaired) electrons. The third-order valence-corrected chi connectivity index (χ3v) is 4.06. The van der Waals surface area contributed by atoms with Crippen molar-refractivity contribution in [3.63, 3.8) is 0 Å². The quantitative estimate of drug-likeness (QED) is 0.117. The molecule has 31 heavy (non-hydrogen) atoms. The van der Waals surface area contributed by atoms with Gasteiger partial charge in [-0.1, -0.05) is 6.42 Å². The van der Waals surface area contributed by atoms with E-state index in [2.05, 4.69) is 10.6 Å². The summed E-state index contributed by atoms with van der Waals surface area (Å²) in [5, 5.41) is 33.0. The molecule has 14 heteroatoms. The van der Waals surface area contributed by atoms with Crippen LogP contribution in [0.4, 0.5) is 0 Å². The van der Waals surface area contributed by atoms with Crippen molar-refractivity contribution >= 4 is 35.6 Å². The molecule has 4 unspecified atom stereocenters. The van der Waals surface area contributed by atoms with E-state index < -0.39 is 72.6 Å². The number of unbranched alkanes of at least 4 members (excludes halogenated alkanes) is 1. The van der Waals surface area contributed by atoms with Gasteiger partial charge in [0.1, 0.15) is 18.1 Å². The first-order valence-corrected chi connectivity index (χ1v) is 9.42. The highest BCUT2D eigenvalue weighted by Gasteiger charge is 2.31. The maximum Gasteiger partial charge on any atom is 0.326 e. The molecule has 0 aliphatic carbocycles. The van der Waals surface area contributed by atoms with Crippen molar-refractivity contribution in [1.82, 2.24) is 16.0 Å². The average Bonchev–Trinajstić information content (AvgIpc) is 2.65. The maximum absolute atomic E-state index is 12.3. The molecule has 0 bridgehead atoms. The van der Waals surface area contributed by atoms with E-state index in [1.54, 1.807) is 0 Å². The van der Waals surface area contributed by atoms with E-state index in [0.717, 1.165) is 0 Å². The number of carboxylic acid groups (broad SMARTS) is 3. The van der Waals surface area contributed by atoms with Crippen LogP contribution in [0.1, 0.15) is 39.0 Å². The fourth-order valence-electron chi connectivity index (χ4n) is 2.35. The van der Waals surface area contributed by atoms with Crippen LogP contribution in [0.3, 0.4) is 0 Å². The van der Waals surface area contributed by atoms with Gasteiger partial charge in [0.15, 0.2) is 0 Å². The summed E-state index contributed by atoms with van der Waals surface area (Å²) < 4.78 is 0. The van der Waals surface area contributed by atoms with Gasteiger partial charge in [-0.05, 0) is 26.3 Å². The first-order chi connectivity index (χ1) is 14.4. The fraction of sp³-hybridized carbons (Fsp3) is 0.647. The van der Waals surface area contributed by atoms with Crippen LogP contribution in [-0.4, -0.2) is 81.7 Å². The van der Waals surface area contributed by atoms with Gasteiger partial charge in [0.05, 0.1) is 18.9 Å². The Morgan fingerprint density at radius 1 is 0.774 bits per heavy atom. The van der Waals surface area contributed by atoms with Gasteiger partial charge in [-0.3, -0.25) is 24.0 Å². The van der Waals surface area contributed by atoms with Crippen LogP contribution in [0, 0.1) is 0 Å². The van der Waals surface area contributed by atoms with Gasteiger partial charge >= 0.3 is 17.9 Å². The van der Waals surface area contributed by atoms with Crippen LogP contribution in [-0.2, 0) is 28.8 Å². The van der Waals surface area contributed by atoms with Crippen LogP contribution < -0.4 is 27.4 Å². The molecule has 10 N–H and O–H groups in total. The molecular formula is C17H29N5O9. The monoisotopic (exact) mass is 447 g/mol. The number of hydrogen-bond acceptors (Lipinski definition) is 8. The highest BCUT2D eigenvalue weighted by Crippen LogP contribution is 2.01. The summed E-state index contributed by atoms with van der Waals surface area (Å²) in [6.45, 7) is 1.72. The van der Waals surface area contributed by atoms with Crippen molar-refractivity contribution in [1.29, 1.82) is 0 Å². The molecule has 3 amide bonds. The summed E-state index contributed by atoms with van der Waals surface area (Å²) in [6.07, 6.45) is -0.253. The van der Waals surface area contributed by atoms with Gasteiger partial charge in [0.25, 0.3) is 0 Å². The molecule has 0 aromatic rings. The number of rotatable bonds is 15. The molecule has 14 nitrogen and oxygen atoms in total. The lowest BCUT2D eigenvalue weighted by atomic mass is 10.1. The van der Waals surface area contributed by atoms with Crippen molar-refractivity contribution in [2.45, 2.75) is 63.2 Å². The van der Waals surface area contributed by atoms with Gasteiger partial charge in [-0.15, -0.1) is 0 Å². The predicted molar refractivity (Wildman–Crippen MR) is 104 cm³/mol. The molecule has 0 aromatic carbocycles. The summed E-state index contributed by atoms with van der Waals surface area (Å²) in [7, 11) is 0. The second-order valence-electron chi connectivity index (χ2n) is 6.78. The Bertz CT molecular complexity index is 685. The molecule has 0 saturated carbocycles.